The fourth-order valence-corrected chi connectivity index (χ4v) is 1.76. The molecule has 1 atom stereocenters. The Kier molecular flexibility index (Phi) is 2.82. The van der Waals surface area contributed by atoms with Crippen LogP contribution >= 0.6 is 0 Å². The average molecular weight is 192 g/mol. The monoisotopic (exact) mass is 192 g/mol. The molecule has 1 heterocycles. The van der Waals surface area contributed by atoms with Crippen molar-refractivity contribution in [3.63, 3.8) is 0 Å². The summed E-state index contributed by atoms with van der Waals surface area (Å²) in [5, 5.41) is 0. The highest BCUT2D eigenvalue weighted by Gasteiger charge is 2.23. The fraction of sp³-hybridized carbons (Fsp3) is 0.455. The minimum Gasteiger partial charge on any atom is -0.373 e. The number of benzene rings is 1. The SMILES string of the molecule is NCc1cccc(CC2CO2)c1CN. The molecule has 0 saturated carbocycles. The summed E-state index contributed by atoms with van der Waals surface area (Å²) >= 11 is 0. The van der Waals surface area contributed by atoms with E-state index in [0.29, 0.717) is 19.2 Å². The first-order valence-electron chi connectivity index (χ1n) is 4.96. The lowest BCUT2D eigenvalue weighted by atomic mass is 9.98. The van der Waals surface area contributed by atoms with Crippen LogP contribution in [-0.2, 0) is 24.2 Å². The number of hydrogen-bond donors (Lipinski definition) is 2. The van der Waals surface area contributed by atoms with Crippen molar-refractivity contribution in [1.29, 1.82) is 0 Å². The van der Waals surface area contributed by atoms with Crippen molar-refractivity contribution in [2.24, 2.45) is 11.5 Å². The number of ether oxygens (including phenoxy) is 1. The van der Waals surface area contributed by atoms with Crippen molar-refractivity contribution >= 4 is 0 Å². The van der Waals surface area contributed by atoms with Gasteiger partial charge in [-0.1, -0.05) is 18.2 Å². The second-order valence-corrected chi connectivity index (χ2v) is 3.62. The summed E-state index contributed by atoms with van der Waals surface area (Å²) in [5.41, 5.74) is 15.0. The van der Waals surface area contributed by atoms with E-state index in [1.807, 2.05) is 12.1 Å². The normalized spacial score (nSPS) is 19.7. The zero-order valence-electron chi connectivity index (χ0n) is 8.20. The van der Waals surface area contributed by atoms with Crippen LogP contribution in [0.25, 0.3) is 0 Å². The third kappa shape index (κ3) is 1.95. The standard InChI is InChI=1S/C11H16N2O/c12-5-9-3-1-2-8(11(9)6-13)4-10-7-14-10/h1-3,10H,4-7,12-13H2. The summed E-state index contributed by atoms with van der Waals surface area (Å²) in [6, 6.07) is 6.20. The molecule has 1 aromatic carbocycles. The largest absolute Gasteiger partial charge is 0.373 e. The Morgan fingerprint density at radius 2 is 1.93 bits per heavy atom. The van der Waals surface area contributed by atoms with E-state index in [9.17, 15) is 0 Å². The Labute approximate surface area is 84.0 Å². The number of rotatable bonds is 4. The highest BCUT2D eigenvalue weighted by Crippen LogP contribution is 2.21. The van der Waals surface area contributed by atoms with Gasteiger partial charge in [-0.2, -0.15) is 0 Å². The van der Waals surface area contributed by atoms with E-state index >= 15 is 0 Å². The van der Waals surface area contributed by atoms with E-state index in [1.165, 1.54) is 11.1 Å². The smallest absolute Gasteiger partial charge is 0.0850 e. The van der Waals surface area contributed by atoms with Gasteiger partial charge in [0, 0.05) is 19.5 Å². The van der Waals surface area contributed by atoms with E-state index in [1.54, 1.807) is 0 Å². The first-order valence-corrected chi connectivity index (χ1v) is 4.96. The van der Waals surface area contributed by atoms with E-state index in [0.717, 1.165) is 18.6 Å². The summed E-state index contributed by atoms with van der Waals surface area (Å²) in [6.45, 7) is 2.01. The molecule has 14 heavy (non-hydrogen) atoms. The molecule has 76 valence electrons. The molecule has 1 aromatic rings. The van der Waals surface area contributed by atoms with Gasteiger partial charge < -0.3 is 16.2 Å². The Morgan fingerprint density at radius 3 is 2.50 bits per heavy atom. The predicted octanol–water partition coefficient (Wildman–Crippen LogP) is 0.545. The molecule has 0 aliphatic carbocycles. The van der Waals surface area contributed by atoms with E-state index in [2.05, 4.69) is 6.07 Å². The highest BCUT2D eigenvalue weighted by atomic mass is 16.6. The third-order valence-electron chi connectivity index (χ3n) is 2.64. The lowest BCUT2D eigenvalue weighted by molar-refractivity contribution is 0.407. The summed E-state index contributed by atoms with van der Waals surface area (Å²) in [5.74, 6) is 0. The number of epoxide rings is 1. The van der Waals surface area contributed by atoms with Crippen LogP contribution in [0.1, 0.15) is 16.7 Å². The Bertz CT molecular complexity index is 321. The van der Waals surface area contributed by atoms with Gasteiger partial charge >= 0.3 is 0 Å². The summed E-state index contributed by atoms with van der Waals surface area (Å²) in [4.78, 5) is 0. The molecule has 1 saturated heterocycles. The van der Waals surface area contributed by atoms with Crippen LogP contribution in [0.5, 0.6) is 0 Å². The van der Waals surface area contributed by atoms with Gasteiger partial charge in [0.15, 0.2) is 0 Å². The maximum atomic E-state index is 5.73. The van der Waals surface area contributed by atoms with Crippen molar-refractivity contribution in [2.45, 2.75) is 25.6 Å². The van der Waals surface area contributed by atoms with Crippen LogP contribution in [-0.4, -0.2) is 12.7 Å². The van der Waals surface area contributed by atoms with Crippen LogP contribution in [0.2, 0.25) is 0 Å². The van der Waals surface area contributed by atoms with E-state index in [-0.39, 0.29) is 0 Å². The summed E-state index contributed by atoms with van der Waals surface area (Å²) in [6.07, 6.45) is 1.38. The molecule has 0 amide bonds. The number of hydrogen-bond acceptors (Lipinski definition) is 3. The van der Waals surface area contributed by atoms with Gasteiger partial charge in [0.2, 0.25) is 0 Å². The van der Waals surface area contributed by atoms with Crippen molar-refractivity contribution in [2.75, 3.05) is 6.61 Å². The molecule has 1 unspecified atom stereocenters. The predicted molar refractivity (Wildman–Crippen MR) is 55.7 cm³/mol. The molecule has 4 N–H and O–H groups in total. The molecule has 0 radical (unpaired) electrons. The minimum atomic E-state index is 0.410. The van der Waals surface area contributed by atoms with Crippen molar-refractivity contribution in [3.05, 3.63) is 34.9 Å². The minimum absolute atomic E-state index is 0.410. The maximum absolute atomic E-state index is 5.73. The van der Waals surface area contributed by atoms with Crippen LogP contribution < -0.4 is 11.5 Å². The van der Waals surface area contributed by atoms with Crippen molar-refractivity contribution in [3.8, 4) is 0 Å². The van der Waals surface area contributed by atoms with Crippen LogP contribution in [0.4, 0.5) is 0 Å². The van der Waals surface area contributed by atoms with Gasteiger partial charge in [0.05, 0.1) is 12.7 Å². The first kappa shape index (κ1) is 9.65. The third-order valence-corrected chi connectivity index (χ3v) is 2.64. The Hall–Kier alpha value is -0.900. The Balaban J connectivity index is 2.26. The number of nitrogens with two attached hydrogens (primary N) is 2. The molecular weight excluding hydrogens is 176 g/mol. The molecule has 1 aliphatic rings. The van der Waals surface area contributed by atoms with Crippen molar-refractivity contribution < 1.29 is 4.74 Å². The topological polar surface area (TPSA) is 64.6 Å². The molecule has 0 bridgehead atoms. The second kappa shape index (κ2) is 4.09. The molecule has 0 aromatic heterocycles. The van der Waals surface area contributed by atoms with Gasteiger partial charge in [-0.3, -0.25) is 0 Å². The maximum Gasteiger partial charge on any atom is 0.0850 e. The van der Waals surface area contributed by atoms with Gasteiger partial charge in [0.25, 0.3) is 0 Å². The lowest BCUT2D eigenvalue weighted by Crippen LogP contribution is -2.10. The Morgan fingerprint density at radius 1 is 1.21 bits per heavy atom. The molecule has 3 heteroatoms. The second-order valence-electron chi connectivity index (χ2n) is 3.62. The molecule has 2 rings (SSSR count). The average Bonchev–Trinajstić information content (AvgIpc) is 3.01. The van der Waals surface area contributed by atoms with E-state index < -0.39 is 0 Å². The van der Waals surface area contributed by atoms with Crippen LogP contribution in [0.3, 0.4) is 0 Å². The van der Waals surface area contributed by atoms with Gasteiger partial charge in [-0.15, -0.1) is 0 Å². The van der Waals surface area contributed by atoms with Crippen LogP contribution in [0, 0.1) is 0 Å². The van der Waals surface area contributed by atoms with Gasteiger partial charge in [-0.25, -0.2) is 0 Å². The fourth-order valence-electron chi connectivity index (χ4n) is 1.76. The molecule has 1 aliphatic heterocycles. The molecule has 0 spiro atoms. The molecule has 1 fully saturated rings. The van der Waals surface area contributed by atoms with Crippen molar-refractivity contribution in [1.82, 2.24) is 0 Å². The van der Waals surface area contributed by atoms with Gasteiger partial charge in [0.1, 0.15) is 0 Å². The first-order chi connectivity index (χ1) is 6.85. The van der Waals surface area contributed by atoms with Gasteiger partial charge in [-0.05, 0) is 16.7 Å². The quantitative estimate of drug-likeness (QED) is 0.684. The molecular formula is C11H16N2O. The van der Waals surface area contributed by atoms with E-state index in [4.69, 9.17) is 16.2 Å². The zero-order valence-corrected chi connectivity index (χ0v) is 8.20. The zero-order chi connectivity index (χ0) is 9.97. The summed E-state index contributed by atoms with van der Waals surface area (Å²) < 4.78 is 5.21. The lowest BCUT2D eigenvalue weighted by Gasteiger charge is -2.10. The highest BCUT2D eigenvalue weighted by molar-refractivity contribution is 5.35. The molecule has 3 nitrogen and oxygen atoms in total. The van der Waals surface area contributed by atoms with Crippen LogP contribution in [0.15, 0.2) is 18.2 Å². The summed E-state index contributed by atoms with van der Waals surface area (Å²) in [7, 11) is 0.